The second kappa shape index (κ2) is 6.42. The Morgan fingerprint density at radius 3 is 2.13 bits per heavy atom. The van der Waals surface area contributed by atoms with Crippen LogP contribution in [0, 0.1) is 13.8 Å². The number of thioether (sulfide) groups is 1. The first-order valence-corrected chi connectivity index (χ1v) is 8.24. The zero-order valence-corrected chi connectivity index (χ0v) is 14.2. The van der Waals surface area contributed by atoms with Crippen LogP contribution in [0.5, 0.6) is 0 Å². The van der Waals surface area contributed by atoms with Crippen molar-refractivity contribution in [2.24, 2.45) is 4.99 Å². The van der Waals surface area contributed by atoms with Gasteiger partial charge in [0.05, 0.1) is 10.6 Å². The first kappa shape index (κ1) is 15.6. The maximum Gasteiger partial charge on any atom is 0.266 e. The molecule has 1 amide bonds. The molecule has 1 aliphatic heterocycles. The molecule has 1 fully saturated rings. The van der Waals surface area contributed by atoms with Crippen LogP contribution in [0.4, 0.5) is 5.69 Å². The molecule has 1 saturated heterocycles. The number of rotatable bonds is 2. The molecule has 0 unspecified atom stereocenters. The van der Waals surface area contributed by atoms with E-state index in [1.807, 2.05) is 68.5 Å². The zero-order valence-electron chi connectivity index (χ0n) is 13.4. The van der Waals surface area contributed by atoms with Gasteiger partial charge in [-0.3, -0.25) is 9.69 Å². The topological polar surface area (TPSA) is 32.7 Å². The minimum atomic E-state index is -0.0126. The summed E-state index contributed by atoms with van der Waals surface area (Å²) in [6.45, 7) is 4.09. The summed E-state index contributed by atoms with van der Waals surface area (Å²) in [5, 5.41) is 0.706. The highest BCUT2D eigenvalue weighted by Gasteiger charge is 2.30. The molecular formula is C19H18N2OS. The number of likely N-dealkylation sites (N-methyl/N-ethyl adjacent to an activating group) is 1. The van der Waals surface area contributed by atoms with Crippen molar-refractivity contribution >= 4 is 34.6 Å². The van der Waals surface area contributed by atoms with Crippen LogP contribution >= 0.6 is 11.8 Å². The van der Waals surface area contributed by atoms with Gasteiger partial charge in [0.15, 0.2) is 5.17 Å². The van der Waals surface area contributed by atoms with Gasteiger partial charge in [0.1, 0.15) is 0 Å². The van der Waals surface area contributed by atoms with Crippen molar-refractivity contribution in [1.29, 1.82) is 0 Å². The number of hydrogen-bond donors (Lipinski definition) is 0. The van der Waals surface area contributed by atoms with Gasteiger partial charge in [-0.15, -0.1) is 0 Å². The van der Waals surface area contributed by atoms with Crippen molar-refractivity contribution < 1.29 is 4.79 Å². The molecule has 0 saturated carbocycles. The second-order valence-electron chi connectivity index (χ2n) is 5.62. The van der Waals surface area contributed by atoms with E-state index < -0.39 is 0 Å². The standard InChI is InChI=1S/C19H18N2OS/c1-13-4-8-15(9-5-13)12-17-18(22)21(3)19(23-17)20-16-10-6-14(2)7-11-16/h4-12H,1-3H3/b17-12+,20-19?. The van der Waals surface area contributed by atoms with Crippen LogP contribution in [0.15, 0.2) is 58.4 Å². The minimum absolute atomic E-state index is 0.0126. The summed E-state index contributed by atoms with van der Waals surface area (Å²) in [6, 6.07) is 16.1. The lowest BCUT2D eigenvalue weighted by molar-refractivity contribution is -0.121. The summed E-state index contributed by atoms with van der Waals surface area (Å²) in [5.74, 6) is -0.0126. The van der Waals surface area contributed by atoms with Crippen LogP contribution in [0.2, 0.25) is 0 Å². The van der Waals surface area contributed by atoms with Crippen LogP contribution in [-0.2, 0) is 4.79 Å². The van der Waals surface area contributed by atoms with Crippen LogP contribution in [0.25, 0.3) is 6.08 Å². The third-order valence-corrected chi connectivity index (χ3v) is 4.70. The Kier molecular flexibility index (Phi) is 4.35. The molecule has 0 atom stereocenters. The fourth-order valence-electron chi connectivity index (χ4n) is 2.20. The number of aryl methyl sites for hydroxylation is 2. The summed E-state index contributed by atoms with van der Waals surface area (Å²) in [7, 11) is 1.76. The highest BCUT2D eigenvalue weighted by molar-refractivity contribution is 8.18. The largest absolute Gasteiger partial charge is 0.290 e. The van der Waals surface area contributed by atoms with Crippen LogP contribution in [0.1, 0.15) is 16.7 Å². The number of carbonyl (C=O) groups is 1. The summed E-state index contributed by atoms with van der Waals surface area (Å²) >= 11 is 1.41. The fraction of sp³-hybridized carbons (Fsp3) is 0.158. The molecule has 23 heavy (non-hydrogen) atoms. The van der Waals surface area contributed by atoms with Gasteiger partial charge in [0, 0.05) is 7.05 Å². The molecule has 0 bridgehead atoms. The van der Waals surface area contributed by atoms with E-state index in [-0.39, 0.29) is 5.91 Å². The van der Waals surface area contributed by atoms with E-state index >= 15 is 0 Å². The molecule has 0 N–H and O–H groups in total. The maximum atomic E-state index is 12.4. The number of nitrogens with zero attached hydrogens (tertiary/aromatic N) is 2. The molecule has 116 valence electrons. The third kappa shape index (κ3) is 3.54. The van der Waals surface area contributed by atoms with E-state index in [0.29, 0.717) is 10.1 Å². The van der Waals surface area contributed by atoms with Gasteiger partial charge in [0.25, 0.3) is 5.91 Å². The van der Waals surface area contributed by atoms with E-state index in [4.69, 9.17) is 0 Å². The number of amides is 1. The van der Waals surface area contributed by atoms with Gasteiger partial charge in [-0.1, -0.05) is 47.5 Å². The summed E-state index contributed by atoms with van der Waals surface area (Å²) in [6.07, 6.45) is 1.92. The monoisotopic (exact) mass is 322 g/mol. The molecule has 0 aliphatic carbocycles. The maximum absolute atomic E-state index is 12.4. The van der Waals surface area contributed by atoms with E-state index in [1.54, 1.807) is 11.9 Å². The van der Waals surface area contributed by atoms with Crippen molar-refractivity contribution in [3.8, 4) is 0 Å². The van der Waals surface area contributed by atoms with E-state index in [2.05, 4.69) is 4.99 Å². The number of amidine groups is 1. The minimum Gasteiger partial charge on any atom is -0.290 e. The van der Waals surface area contributed by atoms with Crippen molar-refractivity contribution in [2.45, 2.75) is 13.8 Å². The number of benzene rings is 2. The fourth-order valence-corrected chi connectivity index (χ4v) is 3.18. The Hall–Kier alpha value is -2.33. The molecule has 3 rings (SSSR count). The van der Waals surface area contributed by atoms with Gasteiger partial charge in [0.2, 0.25) is 0 Å². The average molecular weight is 322 g/mol. The Balaban J connectivity index is 1.87. The van der Waals surface area contributed by atoms with Crippen molar-refractivity contribution in [3.05, 3.63) is 70.1 Å². The highest BCUT2D eigenvalue weighted by atomic mass is 32.2. The molecule has 0 spiro atoms. The molecule has 2 aromatic carbocycles. The van der Waals surface area contributed by atoms with Gasteiger partial charge >= 0.3 is 0 Å². The lowest BCUT2D eigenvalue weighted by Gasteiger charge is -2.07. The van der Waals surface area contributed by atoms with Gasteiger partial charge in [-0.2, -0.15) is 0 Å². The van der Waals surface area contributed by atoms with Crippen LogP contribution in [-0.4, -0.2) is 23.0 Å². The van der Waals surface area contributed by atoms with Crippen molar-refractivity contribution in [1.82, 2.24) is 4.90 Å². The Morgan fingerprint density at radius 2 is 1.52 bits per heavy atom. The number of carbonyl (C=O) groups excluding carboxylic acids is 1. The van der Waals surface area contributed by atoms with Gasteiger partial charge in [-0.05, 0) is 49.4 Å². The van der Waals surface area contributed by atoms with Crippen molar-refractivity contribution in [3.63, 3.8) is 0 Å². The van der Waals surface area contributed by atoms with E-state index in [0.717, 1.165) is 11.3 Å². The molecule has 3 nitrogen and oxygen atoms in total. The lowest BCUT2D eigenvalue weighted by Crippen LogP contribution is -2.23. The Bertz CT molecular complexity index is 789. The lowest BCUT2D eigenvalue weighted by atomic mass is 10.1. The van der Waals surface area contributed by atoms with Crippen LogP contribution < -0.4 is 0 Å². The third-order valence-electron chi connectivity index (χ3n) is 3.64. The molecule has 2 aromatic rings. The number of aliphatic imine (C=N–C) groups is 1. The predicted molar refractivity (Wildman–Crippen MR) is 97.8 cm³/mol. The average Bonchev–Trinajstić information content (AvgIpc) is 2.80. The SMILES string of the molecule is Cc1ccc(/C=C2/SC(=Nc3ccc(C)cc3)N(C)C2=O)cc1. The molecule has 0 aromatic heterocycles. The molecular weight excluding hydrogens is 304 g/mol. The summed E-state index contributed by atoms with van der Waals surface area (Å²) < 4.78 is 0. The highest BCUT2D eigenvalue weighted by Crippen LogP contribution is 2.33. The Labute approximate surface area is 140 Å². The molecule has 4 heteroatoms. The van der Waals surface area contributed by atoms with Gasteiger partial charge < -0.3 is 0 Å². The normalized spacial score (nSPS) is 18.2. The van der Waals surface area contributed by atoms with Gasteiger partial charge in [-0.25, -0.2) is 4.99 Å². The van der Waals surface area contributed by atoms with E-state index in [9.17, 15) is 4.79 Å². The van der Waals surface area contributed by atoms with Crippen LogP contribution in [0.3, 0.4) is 0 Å². The zero-order chi connectivity index (χ0) is 16.4. The molecule has 1 heterocycles. The summed E-state index contributed by atoms with van der Waals surface area (Å²) in [5.41, 5.74) is 4.28. The van der Waals surface area contributed by atoms with Crippen molar-refractivity contribution in [2.75, 3.05) is 7.05 Å². The first-order chi connectivity index (χ1) is 11.0. The second-order valence-corrected chi connectivity index (χ2v) is 6.62. The quantitative estimate of drug-likeness (QED) is 0.761. The molecule has 1 aliphatic rings. The Morgan fingerprint density at radius 1 is 0.957 bits per heavy atom. The first-order valence-electron chi connectivity index (χ1n) is 7.42. The number of hydrogen-bond acceptors (Lipinski definition) is 3. The smallest absolute Gasteiger partial charge is 0.266 e. The summed E-state index contributed by atoms with van der Waals surface area (Å²) in [4.78, 5) is 19.3. The van der Waals surface area contributed by atoms with E-state index in [1.165, 1.54) is 22.9 Å². The molecule has 0 radical (unpaired) electrons. The predicted octanol–water partition coefficient (Wildman–Crippen LogP) is 4.54.